The van der Waals surface area contributed by atoms with Crippen LogP contribution in [0.2, 0.25) is 10.0 Å². The van der Waals surface area contributed by atoms with E-state index >= 15 is 0 Å². The van der Waals surface area contributed by atoms with Crippen LogP contribution >= 0.6 is 23.2 Å². The van der Waals surface area contributed by atoms with Crippen molar-refractivity contribution in [2.24, 2.45) is 0 Å². The maximum atomic E-state index is 6.35. The molecule has 2 aromatic rings. The molecule has 0 unspecified atom stereocenters. The van der Waals surface area contributed by atoms with Gasteiger partial charge >= 0.3 is 0 Å². The summed E-state index contributed by atoms with van der Waals surface area (Å²) >= 11 is 12.4. The minimum atomic E-state index is 0.663. The van der Waals surface area contributed by atoms with E-state index in [0.29, 0.717) is 17.0 Å². The summed E-state index contributed by atoms with van der Waals surface area (Å²) in [5.74, 6) is 1.59. The summed E-state index contributed by atoms with van der Waals surface area (Å²) < 4.78 is 5.25. The van der Waals surface area contributed by atoms with Gasteiger partial charge in [0.1, 0.15) is 5.75 Å². The lowest BCUT2D eigenvalue weighted by Gasteiger charge is -2.37. The van der Waals surface area contributed by atoms with Crippen LogP contribution in [0, 0.1) is 0 Å². The van der Waals surface area contributed by atoms with Gasteiger partial charge in [0.25, 0.3) is 0 Å². The fourth-order valence-corrected chi connectivity index (χ4v) is 4.35. The summed E-state index contributed by atoms with van der Waals surface area (Å²) in [6, 6.07) is 15.0. The molecule has 1 saturated heterocycles. The number of piperazine rings is 1. The molecule has 2 atom stereocenters. The molecule has 2 aliphatic rings. The molecule has 0 bridgehead atoms. The van der Waals surface area contributed by atoms with Crippen LogP contribution in [0.3, 0.4) is 0 Å². The number of methoxy groups -OCH3 is 1. The first-order valence-corrected chi connectivity index (χ1v) is 9.49. The molecule has 1 aliphatic carbocycles. The third-order valence-electron chi connectivity index (χ3n) is 5.33. The normalized spacial score (nSPS) is 23.6. The molecule has 0 amide bonds. The van der Waals surface area contributed by atoms with Crippen molar-refractivity contribution >= 4 is 28.9 Å². The highest BCUT2D eigenvalue weighted by Crippen LogP contribution is 2.45. The van der Waals surface area contributed by atoms with E-state index in [-0.39, 0.29) is 0 Å². The topological polar surface area (TPSA) is 15.7 Å². The van der Waals surface area contributed by atoms with Gasteiger partial charge in [0.2, 0.25) is 0 Å². The summed E-state index contributed by atoms with van der Waals surface area (Å²) in [7, 11) is 1.71. The second kappa shape index (κ2) is 7.06. The predicted molar refractivity (Wildman–Crippen MR) is 104 cm³/mol. The monoisotopic (exact) mass is 376 g/mol. The van der Waals surface area contributed by atoms with E-state index in [1.54, 1.807) is 7.11 Å². The van der Waals surface area contributed by atoms with Gasteiger partial charge in [-0.05, 0) is 42.3 Å². The van der Waals surface area contributed by atoms with Gasteiger partial charge in [-0.3, -0.25) is 4.90 Å². The summed E-state index contributed by atoms with van der Waals surface area (Å²) in [5.41, 5.74) is 2.52. The van der Waals surface area contributed by atoms with Gasteiger partial charge in [-0.1, -0.05) is 35.3 Å². The molecule has 1 heterocycles. The Balaban J connectivity index is 1.35. The Kier molecular flexibility index (Phi) is 4.81. The van der Waals surface area contributed by atoms with E-state index in [1.165, 1.54) is 12.0 Å². The smallest absolute Gasteiger partial charge is 0.118 e. The van der Waals surface area contributed by atoms with Crippen LogP contribution in [-0.4, -0.2) is 44.2 Å². The minimum Gasteiger partial charge on any atom is -0.497 e. The van der Waals surface area contributed by atoms with Crippen molar-refractivity contribution in [1.82, 2.24) is 4.90 Å². The van der Waals surface area contributed by atoms with Gasteiger partial charge in [0.05, 0.1) is 17.8 Å². The lowest BCUT2D eigenvalue weighted by Crippen LogP contribution is -2.47. The highest BCUT2D eigenvalue weighted by Gasteiger charge is 2.43. The second-order valence-corrected chi connectivity index (χ2v) is 7.65. The standard InChI is InChI=1S/C20H22Cl2N2O/c1-25-16-5-2-14(3-6-16)17-13-20(17)24-10-8-23(9-11-24)19-7-4-15(21)12-18(19)22/h2-7,12,17,20H,8-11,13H2,1H3/t17-,20+/m0/s1. The summed E-state index contributed by atoms with van der Waals surface area (Å²) in [4.78, 5) is 4.98. The Morgan fingerprint density at radius 3 is 2.32 bits per heavy atom. The van der Waals surface area contributed by atoms with E-state index < -0.39 is 0 Å². The Bertz CT molecular complexity index is 742. The Hall–Kier alpha value is -1.42. The molecule has 5 heteroatoms. The average molecular weight is 377 g/mol. The molecule has 0 aromatic heterocycles. The van der Waals surface area contributed by atoms with Crippen molar-refractivity contribution in [3.63, 3.8) is 0 Å². The molecule has 3 nitrogen and oxygen atoms in total. The Morgan fingerprint density at radius 1 is 0.960 bits per heavy atom. The fraction of sp³-hybridized carbons (Fsp3) is 0.400. The largest absolute Gasteiger partial charge is 0.497 e. The van der Waals surface area contributed by atoms with Gasteiger partial charge in [0, 0.05) is 43.2 Å². The molecule has 1 saturated carbocycles. The number of halogens is 2. The van der Waals surface area contributed by atoms with Crippen molar-refractivity contribution < 1.29 is 4.74 Å². The van der Waals surface area contributed by atoms with Crippen LogP contribution in [0.25, 0.3) is 0 Å². The molecule has 2 fully saturated rings. The van der Waals surface area contributed by atoms with E-state index in [1.807, 2.05) is 18.2 Å². The third kappa shape index (κ3) is 3.59. The highest BCUT2D eigenvalue weighted by atomic mass is 35.5. The van der Waals surface area contributed by atoms with E-state index in [9.17, 15) is 0 Å². The van der Waals surface area contributed by atoms with Crippen LogP contribution in [0.15, 0.2) is 42.5 Å². The number of benzene rings is 2. The highest BCUT2D eigenvalue weighted by molar-refractivity contribution is 6.36. The zero-order chi connectivity index (χ0) is 17.4. The molecule has 0 spiro atoms. The first kappa shape index (κ1) is 17.0. The molecular weight excluding hydrogens is 355 g/mol. The second-order valence-electron chi connectivity index (χ2n) is 6.80. The SMILES string of the molecule is COc1ccc([C@@H]2C[C@H]2N2CCN(c3ccc(Cl)cc3Cl)CC2)cc1. The fourth-order valence-electron chi connectivity index (χ4n) is 3.83. The lowest BCUT2D eigenvalue weighted by molar-refractivity contribution is 0.244. The number of hydrogen-bond donors (Lipinski definition) is 0. The van der Waals surface area contributed by atoms with Gasteiger partial charge in [-0.2, -0.15) is 0 Å². The van der Waals surface area contributed by atoms with Crippen molar-refractivity contribution in [1.29, 1.82) is 0 Å². The number of rotatable bonds is 4. The predicted octanol–water partition coefficient (Wildman–Crippen LogP) is 4.68. The Labute approximate surface area is 159 Å². The average Bonchev–Trinajstić information content (AvgIpc) is 3.43. The zero-order valence-corrected chi connectivity index (χ0v) is 15.8. The van der Waals surface area contributed by atoms with Crippen molar-refractivity contribution in [2.75, 3.05) is 38.2 Å². The summed E-state index contributed by atoms with van der Waals surface area (Å²) in [6.45, 7) is 4.17. The molecule has 0 N–H and O–H groups in total. The van der Waals surface area contributed by atoms with E-state index in [0.717, 1.165) is 42.6 Å². The Morgan fingerprint density at radius 2 is 1.68 bits per heavy atom. The van der Waals surface area contributed by atoms with Crippen molar-refractivity contribution in [2.45, 2.75) is 18.4 Å². The quantitative estimate of drug-likeness (QED) is 0.770. The van der Waals surface area contributed by atoms with E-state index in [4.69, 9.17) is 27.9 Å². The molecule has 132 valence electrons. The first-order valence-electron chi connectivity index (χ1n) is 8.73. The molecule has 2 aromatic carbocycles. The van der Waals surface area contributed by atoms with Crippen LogP contribution < -0.4 is 9.64 Å². The third-order valence-corrected chi connectivity index (χ3v) is 5.87. The minimum absolute atomic E-state index is 0.663. The van der Waals surface area contributed by atoms with Gasteiger partial charge in [-0.15, -0.1) is 0 Å². The van der Waals surface area contributed by atoms with Gasteiger partial charge in [0.15, 0.2) is 0 Å². The maximum Gasteiger partial charge on any atom is 0.118 e. The summed E-state index contributed by atoms with van der Waals surface area (Å²) in [6.07, 6.45) is 1.26. The molecule has 1 aliphatic heterocycles. The number of ether oxygens (including phenoxy) is 1. The maximum absolute atomic E-state index is 6.35. The molecular formula is C20H22Cl2N2O. The van der Waals surface area contributed by atoms with Gasteiger partial charge < -0.3 is 9.64 Å². The van der Waals surface area contributed by atoms with Crippen molar-refractivity contribution in [3.8, 4) is 5.75 Å². The first-order chi connectivity index (χ1) is 12.2. The van der Waals surface area contributed by atoms with Crippen LogP contribution in [0.4, 0.5) is 5.69 Å². The van der Waals surface area contributed by atoms with Crippen LogP contribution in [-0.2, 0) is 0 Å². The van der Waals surface area contributed by atoms with Crippen molar-refractivity contribution in [3.05, 3.63) is 58.1 Å². The van der Waals surface area contributed by atoms with Crippen LogP contribution in [0.5, 0.6) is 5.75 Å². The molecule has 0 radical (unpaired) electrons. The van der Waals surface area contributed by atoms with E-state index in [2.05, 4.69) is 34.1 Å². The van der Waals surface area contributed by atoms with Gasteiger partial charge in [-0.25, -0.2) is 0 Å². The van der Waals surface area contributed by atoms with Crippen LogP contribution in [0.1, 0.15) is 17.9 Å². The molecule has 25 heavy (non-hydrogen) atoms. The number of nitrogens with zero attached hydrogens (tertiary/aromatic N) is 2. The number of anilines is 1. The lowest BCUT2D eigenvalue weighted by atomic mass is 10.1. The number of hydrogen-bond acceptors (Lipinski definition) is 3. The summed E-state index contributed by atoms with van der Waals surface area (Å²) in [5, 5.41) is 1.43. The molecule has 4 rings (SSSR count). The zero-order valence-electron chi connectivity index (χ0n) is 14.3.